The first-order valence-corrected chi connectivity index (χ1v) is 15.5. The van der Waals surface area contributed by atoms with Crippen LogP contribution in [0.15, 0.2) is 65.3 Å². The lowest BCUT2D eigenvalue weighted by Gasteiger charge is -2.30. The summed E-state index contributed by atoms with van der Waals surface area (Å²) in [6, 6.07) is 15.7. The number of nitro benzene ring substituents is 1. The predicted octanol–water partition coefficient (Wildman–Crippen LogP) is 6.67. The summed E-state index contributed by atoms with van der Waals surface area (Å²) in [4.78, 5) is 28.1. The SMILES string of the molecule is COc1ccc(/C=C2/CCC[C@@H]3C2=NN(C(=O)c2ccc(N4CCCC4)c([N+](=O)[O-])c2)[C@@H]3c2ccc(OC)c(OC)c2)cc1OC. The van der Waals surface area contributed by atoms with Crippen molar-refractivity contribution >= 4 is 29.1 Å². The molecule has 2 atom stereocenters. The number of carbonyl (C=O) groups excluding carboxylic acids is 1. The topological polar surface area (TPSA) is 116 Å². The number of ether oxygens (including phenoxy) is 4. The molecule has 11 heteroatoms. The number of nitrogens with zero attached hydrogens (tertiary/aromatic N) is 4. The van der Waals surface area contributed by atoms with Gasteiger partial charge in [0.2, 0.25) is 0 Å². The highest BCUT2D eigenvalue weighted by Crippen LogP contribution is 2.47. The summed E-state index contributed by atoms with van der Waals surface area (Å²) in [7, 11) is 6.36. The van der Waals surface area contributed by atoms with Gasteiger partial charge in [0.05, 0.1) is 45.1 Å². The van der Waals surface area contributed by atoms with E-state index in [0.717, 1.165) is 67.6 Å². The monoisotopic (exact) mass is 626 g/mol. The zero-order chi connectivity index (χ0) is 32.4. The summed E-state index contributed by atoms with van der Waals surface area (Å²) in [6.07, 6.45) is 6.57. The molecule has 0 bridgehead atoms. The Kier molecular flexibility index (Phi) is 8.83. The Labute approximate surface area is 268 Å². The number of carbonyl (C=O) groups is 1. The van der Waals surface area contributed by atoms with Gasteiger partial charge in [0, 0.05) is 30.6 Å². The van der Waals surface area contributed by atoms with Crippen molar-refractivity contribution in [3.63, 3.8) is 0 Å². The van der Waals surface area contributed by atoms with Gasteiger partial charge in [-0.15, -0.1) is 0 Å². The second-order valence-electron chi connectivity index (χ2n) is 11.6. The predicted molar refractivity (Wildman–Crippen MR) is 175 cm³/mol. The van der Waals surface area contributed by atoms with E-state index in [1.54, 1.807) is 40.6 Å². The van der Waals surface area contributed by atoms with Crippen LogP contribution >= 0.6 is 0 Å². The van der Waals surface area contributed by atoms with E-state index in [4.69, 9.17) is 24.0 Å². The van der Waals surface area contributed by atoms with Crippen molar-refractivity contribution in [3.8, 4) is 23.0 Å². The molecule has 2 fully saturated rings. The van der Waals surface area contributed by atoms with Gasteiger partial charge in [0.25, 0.3) is 11.6 Å². The summed E-state index contributed by atoms with van der Waals surface area (Å²) in [6.45, 7) is 1.51. The molecular weight excluding hydrogens is 588 g/mol. The average Bonchev–Trinajstić information content (AvgIpc) is 3.77. The Balaban J connectivity index is 1.43. The molecule has 1 amide bonds. The lowest BCUT2D eigenvalue weighted by molar-refractivity contribution is -0.384. The zero-order valence-corrected chi connectivity index (χ0v) is 26.5. The number of anilines is 1. The average molecular weight is 627 g/mol. The Morgan fingerprint density at radius 3 is 2.22 bits per heavy atom. The maximum absolute atomic E-state index is 14.4. The normalized spacial score (nSPS) is 19.9. The van der Waals surface area contributed by atoms with Gasteiger partial charge in [-0.05, 0) is 91.3 Å². The van der Waals surface area contributed by atoms with Crippen LogP contribution in [0.4, 0.5) is 11.4 Å². The van der Waals surface area contributed by atoms with Crippen LogP contribution in [0.25, 0.3) is 6.08 Å². The highest BCUT2D eigenvalue weighted by molar-refractivity contribution is 6.09. The van der Waals surface area contributed by atoms with E-state index in [-0.39, 0.29) is 17.2 Å². The van der Waals surface area contributed by atoms with Gasteiger partial charge in [-0.2, -0.15) is 5.10 Å². The summed E-state index contributed by atoms with van der Waals surface area (Å²) in [5.41, 5.74) is 4.30. The number of fused-ring (bicyclic) bond motifs is 1. The second-order valence-corrected chi connectivity index (χ2v) is 11.6. The summed E-state index contributed by atoms with van der Waals surface area (Å²) < 4.78 is 22.0. The van der Waals surface area contributed by atoms with E-state index < -0.39 is 16.9 Å². The molecule has 240 valence electrons. The molecule has 0 aromatic heterocycles. The fourth-order valence-corrected chi connectivity index (χ4v) is 6.84. The minimum absolute atomic E-state index is 0.0753. The molecule has 0 radical (unpaired) electrons. The van der Waals surface area contributed by atoms with Crippen LogP contribution in [0.1, 0.15) is 59.6 Å². The third kappa shape index (κ3) is 5.73. The smallest absolute Gasteiger partial charge is 0.293 e. The van der Waals surface area contributed by atoms with E-state index in [1.807, 2.05) is 41.3 Å². The molecule has 2 aliphatic heterocycles. The number of methoxy groups -OCH3 is 4. The summed E-state index contributed by atoms with van der Waals surface area (Å²) >= 11 is 0. The minimum atomic E-state index is -0.450. The fourth-order valence-electron chi connectivity index (χ4n) is 6.84. The minimum Gasteiger partial charge on any atom is -0.493 e. The Bertz CT molecular complexity index is 1710. The highest BCUT2D eigenvalue weighted by atomic mass is 16.6. The molecule has 1 saturated carbocycles. The molecule has 3 aromatic rings. The maximum atomic E-state index is 14.4. The maximum Gasteiger partial charge on any atom is 0.293 e. The number of hydrogen-bond donors (Lipinski definition) is 0. The van der Waals surface area contributed by atoms with Gasteiger partial charge in [0.15, 0.2) is 23.0 Å². The van der Waals surface area contributed by atoms with Crippen molar-refractivity contribution in [1.82, 2.24) is 5.01 Å². The van der Waals surface area contributed by atoms with Crippen LogP contribution in [-0.2, 0) is 0 Å². The van der Waals surface area contributed by atoms with E-state index in [0.29, 0.717) is 28.7 Å². The van der Waals surface area contributed by atoms with Crippen LogP contribution in [-0.4, -0.2) is 63.1 Å². The van der Waals surface area contributed by atoms with Crippen molar-refractivity contribution < 1.29 is 28.7 Å². The lowest BCUT2D eigenvalue weighted by Crippen LogP contribution is -2.32. The van der Waals surface area contributed by atoms with Crippen LogP contribution in [0.5, 0.6) is 23.0 Å². The van der Waals surface area contributed by atoms with Crippen LogP contribution in [0.2, 0.25) is 0 Å². The standard InChI is InChI=1S/C35H38N4O7/c1-43-29-14-10-22(19-31(29)45-3)18-23-8-7-9-26-33(23)36-38(34(26)24-12-15-30(44-2)32(21-24)46-4)35(40)25-11-13-27(28(20-25)39(41)42)37-16-5-6-17-37/h10-15,18-21,26,34H,5-9,16-17H2,1-4H3/b23-18-/t26-,34-/m1/s1. The Morgan fingerprint density at radius 1 is 0.870 bits per heavy atom. The van der Waals surface area contributed by atoms with Crippen molar-refractivity contribution in [2.45, 2.75) is 38.1 Å². The van der Waals surface area contributed by atoms with E-state index >= 15 is 0 Å². The quantitative estimate of drug-likeness (QED) is 0.191. The Morgan fingerprint density at radius 2 is 1.54 bits per heavy atom. The molecule has 6 rings (SSSR count). The third-order valence-electron chi connectivity index (χ3n) is 9.07. The molecule has 3 aromatic carbocycles. The van der Waals surface area contributed by atoms with Gasteiger partial charge in [-0.25, -0.2) is 5.01 Å². The van der Waals surface area contributed by atoms with Gasteiger partial charge < -0.3 is 23.8 Å². The van der Waals surface area contributed by atoms with Crippen LogP contribution < -0.4 is 23.8 Å². The fraction of sp³-hybridized carbons (Fsp3) is 0.371. The molecule has 46 heavy (non-hydrogen) atoms. The lowest BCUT2D eigenvalue weighted by atomic mass is 9.77. The van der Waals surface area contributed by atoms with E-state index in [2.05, 4.69) is 6.08 Å². The molecule has 0 spiro atoms. The molecule has 0 N–H and O–H groups in total. The molecule has 1 aliphatic carbocycles. The second kappa shape index (κ2) is 13.1. The van der Waals surface area contributed by atoms with Crippen molar-refractivity contribution in [1.29, 1.82) is 0 Å². The third-order valence-corrected chi connectivity index (χ3v) is 9.07. The highest BCUT2D eigenvalue weighted by Gasteiger charge is 2.44. The number of rotatable bonds is 9. The molecule has 1 saturated heterocycles. The van der Waals surface area contributed by atoms with Gasteiger partial charge in [0.1, 0.15) is 5.69 Å². The molecular formula is C35H38N4O7. The number of nitro groups is 1. The van der Waals surface area contributed by atoms with Crippen molar-refractivity contribution in [2.24, 2.45) is 11.0 Å². The van der Waals surface area contributed by atoms with E-state index in [1.165, 1.54) is 11.1 Å². The molecule has 11 nitrogen and oxygen atoms in total. The van der Waals surface area contributed by atoms with Gasteiger partial charge in [-0.1, -0.05) is 12.1 Å². The van der Waals surface area contributed by atoms with Crippen molar-refractivity contribution in [2.75, 3.05) is 46.4 Å². The number of hydrogen-bond acceptors (Lipinski definition) is 9. The molecule has 0 unspecified atom stereocenters. The van der Waals surface area contributed by atoms with Crippen LogP contribution in [0, 0.1) is 16.0 Å². The molecule has 3 aliphatic rings. The first kappa shape index (κ1) is 30.9. The van der Waals surface area contributed by atoms with E-state index in [9.17, 15) is 14.9 Å². The summed E-state index contributed by atoms with van der Waals surface area (Å²) in [5, 5.41) is 18.7. The largest absolute Gasteiger partial charge is 0.493 e. The number of hydrazone groups is 1. The Hall–Kier alpha value is -5.06. The number of amides is 1. The van der Waals surface area contributed by atoms with Gasteiger partial charge in [-0.3, -0.25) is 14.9 Å². The number of allylic oxidation sites excluding steroid dienone is 1. The van der Waals surface area contributed by atoms with Crippen molar-refractivity contribution in [3.05, 3.63) is 87.0 Å². The van der Waals surface area contributed by atoms with Gasteiger partial charge >= 0.3 is 0 Å². The van der Waals surface area contributed by atoms with Crippen LogP contribution in [0.3, 0.4) is 0 Å². The first-order chi connectivity index (χ1) is 22.4. The zero-order valence-electron chi connectivity index (χ0n) is 26.5. The molecule has 2 heterocycles. The summed E-state index contributed by atoms with van der Waals surface area (Å²) in [5.74, 6) is 1.89. The first-order valence-electron chi connectivity index (χ1n) is 15.5. The number of benzene rings is 3.